The molecule has 0 amide bonds. The van der Waals surface area contributed by atoms with E-state index in [9.17, 15) is 0 Å². The zero-order chi connectivity index (χ0) is 9.52. The summed E-state index contributed by atoms with van der Waals surface area (Å²) in [5.74, 6) is 1.14. The Morgan fingerprint density at radius 3 is 3.08 bits per heavy atom. The maximum atomic E-state index is 8.60. The van der Waals surface area contributed by atoms with E-state index < -0.39 is 0 Å². The van der Waals surface area contributed by atoms with E-state index >= 15 is 0 Å². The molecule has 0 fully saturated rings. The van der Waals surface area contributed by atoms with Crippen molar-refractivity contribution >= 4 is 23.1 Å². The standard InChI is InChI=1S/C9H12N2S2/c1-12-5-4-11-7-9-3-2-8(6-10)13-9/h2-3,11H,4-5,7H2,1H3. The van der Waals surface area contributed by atoms with Crippen molar-refractivity contribution in [1.82, 2.24) is 5.32 Å². The molecule has 1 rings (SSSR count). The van der Waals surface area contributed by atoms with Crippen LogP contribution in [0.4, 0.5) is 0 Å². The maximum absolute atomic E-state index is 8.60. The summed E-state index contributed by atoms with van der Waals surface area (Å²) in [5.41, 5.74) is 0. The molecular formula is C9H12N2S2. The first kappa shape index (κ1) is 10.6. The summed E-state index contributed by atoms with van der Waals surface area (Å²) >= 11 is 3.40. The molecule has 13 heavy (non-hydrogen) atoms. The lowest BCUT2D eigenvalue weighted by molar-refractivity contribution is 0.741. The number of nitrogens with one attached hydrogen (secondary N) is 1. The Kier molecular flexibility index (Phi) is 4.91. The van der Waals surface area contributed by atoms with Gasteiger partial charge in [-0.25, -0.2) is 0 Å². The van der Waals surface area contributed by atoms with Gasteiger partial charge in [0.2, 0.25) is 0 Å². The molecule has 0 bridgehead atoms. The van der Waals surface area contributed by atoms with Crippen molar-refractivity contribution in [2.45, 2.75) is 6.54 Å². The number of thioether (sulfide) groups is 1. The minimum absolute atomic E-state index is 0.793. The lowest BCUT2D eigenvalue weighted by atomic mass is 10.4. The second-order valence-electron chi connectivity index (χ2n) is 2.55. The van der Waals surface area contributed by atoms with Crippen molar-refractivity contribution in [3.8, 4) is 6.07 Å². The number of rotatable bonds is 5. The molecule has 0 aliphatic rings. The summed E-state index contributed by atoms with van der Waals surface area (Å²) < 4.78 is 0. The zero-order valence-electron chi connectivity index (χ0n) is 7.54. The Balaban J connectivity index is 2.25. The van der Waals surface area contributed by atoms with Crippen molar-refractivity contribution in [2.24, 2.45) is 0 Å². The van der Waals surface area contributed by atoms with Gasteiger partial charge in [-0.1, -0.05) is 0 Å². The van der Waals surface area contributed by atoms with E-state index in [4.69, 9.17) is 5.26 Å². The van der Waals surface area contributed by atoms with E-state index in [-0.39, 0.29) is 0 Å². The van der Waals surface area contributed by atoms with Crippen LogP contribution in [0.2, 0.25) is 0 Å². The van der Waals surface area contributed by atoms with Crippen molar-refractivity contribution in [2.75, 3.05) is 18.6 Å². The summed E-state index contributed by atoms with van der Waals surface area (Å²) in [6.07, 6.45) is 2.10. The third-order valence-electron chi connectivity index (χ3n) is 1.55. The molecule has 0 aliphatic heterocycles. The first-order valence-corrected chi connectivity index (χ1v) is 6.26. The summed E-state index contributed by atoms with van der Waals surface area (Å²) in [7, 11) is 0. The average Bonchev–Trinajstić information content (AvgIpc) is 2.60. The van der Waals surface area contributed by atoms with E-state index in [1.54, 1.807) is 11.3 Å². The van der Waals surface area contributed by atoms with Gasteiger partial charge < -0.3 is 5.32 Å². The topological polar surface area (TPSA) is 35.8 Å². The number of hydrogen-bond donors (Lipinski definition) is 1. The molecule has 70 valence electrons. The van der Waals surface area contributed by atoms with Crippen LogP contribution in [0, 0.1) is 11.3 Å². The second-order valence-corrected chi connectivity index (χ2v) is 4.70. The Labute approximate surface area is 87.0 Å². The number of nitriles is 1. The van der Waals surface area contributed by atoms with Gasteiger partial charge in [0.15, 0.2) is 0 Å². The molecular weight excluding hydrogens is 200 g/mol. The zero-order valence-corrected chi connectivity index (χ0v) is 9.17. The normalized spacial score (nSPS) is 9.85. The van der Waals surface area contributed by atoms with Crippen LogP contribution >= 0.6 is 23.1 Å². The fraction of sp³-hybridized carbons (Fsp3) is 0.444. The molecule has 0 saturated heterocycles. The van der Waals surface area contributed by atoms with Gasteiger partial charge in [-0.05, 0) is 18.4 Å². The Hall–Kier alpha value is -0.500. The Bertz CT molecular complexity index is 288. The van der Waals surface area contributed by atoms with Crippen LogP contribution in [0.25, 0.3) is 0 Å². The number of hydrogen-bond acceptors (Lipinski definition) is 4. The molecule has 1 aromatic rings. The molecule has 0 aliphatic carbocycles. The van der Waals surface area contributed by atoms with Gasteiger partial charge in [0.25, 0.3) is 0 Å². The van der Waals surface area contributed by atoms with Crippen LogP contribution in [-0.4, -0.2) is 18.6 Å². The van der Waals surface area contributed by atoms with Crippen LogP contribution < -0.4 is 5.32 Å². The van der Waals surface area contributed by atoms with Crippen LogP contribution in [0.3, 0.4) is 0 Å². The van der Waals surface area contributed by atoms with Crippen LogP contribution in [0.1, 0.15) is 9.75 Å². The van der Waals surface area contributed by atoms with Crippen molar-refractivity contribution in [3.63, 3.8) is 0 Å². The predicted octanol–water partition coefficient (Wildman–Crippen LogP) is 2.07. The summed E-state index contributed by atoms with van der Waals surface area (Å²) in [5, 5.41) is 11.9. The summed E-state index contributed by atoms with van der Waals surface area (Å²) in [6, 6.07) is 6.02. The number of nitrogens with zero attached hydrogens (tertiary/aromatic N) is 1. The molecule has 0 radical (unpaired) electrons. The van der Waals surface area contributed by atoms with Crippen LogP contribution in [0.15, 0.2) is 12.1 Å². The average molecular weight is 212 g/mol. The SMILES string of the molecule is CSCCNCc1ccc(C#N)s1. The van der Waals surface area contributed by atoms with Gasteiger partial charge in [0.05, 0.1) is 0 Å². The Morgan fingerprint density at radius 1 is 1.62 bits per heavy atom. The van der Waals surface area contributed by atoms with E-state index in [1.807, 2.05) is 23.9 Å². The molecule has 0 saturated carbocycles. The molecule has 0 spiro atoms. The van der Waals surface area contributed by atoms with Crippen LogP contribution in [-0.2, 0) is 6.54 Å². The monoisotopic (exact) mass is 212 g/mol. The molecule has 1 heterocycles. The van der Waals surface area contributed by atoms with Gasteiger partial charge in [0, 0.05) is 23.7 Å². The highest BCUT2D eigenvalue weighted by atomic mass is 32.2. The van der Waals surface area contributed by atoms with Gasteiger partial charge in [-0.15, -0.1) is 11.3 Å². The third-order valence-corrected chi connectivity index (χ3v) is 3.16. The smallest absolute Gasteiger partial charge is 0.110 e. The first-order chi connectivity index (χ1) is 6.36. The second kappa shape index (κ2) is 6.03. The van der Waals surface area contributed by atoms with Crippen molar-refractivity contribution in [1.29, 1.82) is 5.26 Å². The largest absolute Gasteiger partial charge is 0.311 e. The lowest BCUT2D eigenvalue weighted by Crippen LogP contribution is -2.15. The summed E-state index contributed by atoms with van der Waals surface area (Å²) in [6.45, 7) is 1.91. The lowest BCUT2D eigenvalue weighted by Gasteiger charge is -1.99. The van der Waals surface area contributed by atoms with Gasteiger partial charge in [0.1, 0.15) is 10.9 Å². The van der Waals surface area contributed by atoms with E-state index in [1.165, 1.54) is 4.88 Å². The fourth-order valence-electron chi connectivity index (χ4n) is 0.919. The summed E-state index contributed by atoms with van der Waals surface area (Å²) in [4.78, 5) is 2.03. The first-order valence-electron chi connectivity index (χ1n) is 4.05. The third kappa shape index (κ3) is 3.81. The van der Waals surface area contributed by atoms with Crippen molar-refractivity contribution < 1.29 is 0 Å². The van der Waals surface area contributed by atoms with Gasteiger partial charge >= 0.3 is 0 Å². The van der Waals surface area contributed by atoms with Gasteiger partial charge in [-0.3, -0.25) is 0 Å². The molecule has 0 unspecified atom stereocenters. The van der Waals surface area contributed by atoms with E-state index in [0.717, 1.165) is 23.7 Å². The molecule has 0 atom stereocenters. The maximum Gasteiger partial charge on any atom is 0.110 e. The molecule has 0 aromatic carbocycles. The van der Waals surface area contributed by atoms with E-state index in [2.05, 4.69) is 17.6 Å². The number of thiophene rings is 1. The van der Waals surface area contributed by atoms with Gasteiger partial charge in [-0.2, -0.15) is 17.0 Å². The highest BCUT2D eigenvalue weighted by molar-refractivity contribution is 7.98. The van der Waals surface area contributed by atoms with Crippen LogP contribution in [0.5, 0.6) is 0 Å². The highest BCUT2D eigenvalue weighted by Gasteiger charge is 1.97. The minimum atomic E-state index is 0.793. The molecule has 1 aromatic heterocycles. The minimum Gasteiger partial charge on any atom is -0.311 e. The fourth-order valence-corrected chi connectivity index (χ4v) is 2.04. The molecule has 4 heteroatoms. The highest BCUT2D eigenvalue weighted by Crippen LogP contribution is 2.14. The predicted molar refractivity (Wildman–Crippen MR) is 59.1 cm³/mol. The van der Waals surface area contributed by atoms with Crippen molar-refractivity contribution in [3.05, 3.63) is 21.9 Å². The molecule has 2 nitrogen and oxygen atoms in total. The molecule has 1 N–H and O–H groups in total. The van der Waals surface area contributed by atoms with E-state index in [0.29, 0.717) is 0 Å². The quantitative estimate of drug-likeness (QED) is 0.759. The Morgan fingerprint density at radius 2 is 2.46 bits per heavy atom.